The molecule has 172 valence electrons. The van der Waals surface area contributed by atoms with Crippen LogP contribution < -0.4 is 10.6 Å². The van der Waals surface area contributed by atoms with E-state index < -0.39 is 17.7 Å². The summed E-state index contributed by atoms with van der Waals surface area (Å²) in [5, 5.41) is 6.13. The number of ether oxygens (including phenoxy) is 2. The van der Waals surface area contributed by atoms with E-state index in [2.05, 4.69) is 10.6 Å². The van der Waals surface area contributed by atoms with E-state index in [4.69, 9.17) is 21.1 Å². The SMILES string of the molecule is CCOC(=O)c1ccc(NC(=O)CC(CNC(=O)OC(C)(C)C)c2ccc(Cl)cc2)cc1. The first-order chi connectivity index (χ1) is 15.1. The molecule has 2 aromatic rings. The summed E-state index contributed by atoms with van der Waals surface area (Å²) >= 11 is 5.98. The number of hydrogen-bond acceptors (Lipinski definition) is 5. The Morgan fingerprint density at radius 1 is 1.00 bits per heavy atom. The van der Waals surface area contributed by atoms with Gasteiger partial charge in [0.1, 0.15) is 5.60 Å². The number of carbonyl (C=O) groups excluding carboxylic acids is 3. The zero-order valence-electron chi connectivity index (χ0n) is 18.7. The molecule has 1 unspecified atom stereocenters. The molecule has 0 spiro atoms. The highest BCUT2D eigenvalue weighted by molar-refractivity contribution is 6.30. The van der Waals surface area contributed by atoms with Gasteiger partial charge in [0, 0.05) is 29.6 Å². The van der Waals surface area contributed by atoms with Crippen molar-refractivity contribution in [1.29, 1.82) is 0 Å². The molecule has 0 radical (unpaired) electrons. The molecule has 0 aliphatic carbocycles. The summed E-state index contributed by atoms with van der Waals surface area (Å²) in [6.07, 6.45) is -0.428. The van der Waals surface area contributed by atoms with Crippen LogP contribution >= 0.6 is 11.6 Å². The van der Waals surface area contributed by atoms with E-state index in [0.717, 1.165) is 5.56 Å². The average molecular weight is 461 g/mol. The van der Waals surface area contributed by atoms with Gasteiger partial charge in [-0.3, -0.25) is 4.79 Å². The lowest BCUT2D eigenvalue weighted by Crippen LogP contribution is -2.35. The number of amides is 2. The van der Waals surface area contributed by atoms with E-state index >= 15 is 0 Å². The van der Waals surface area contributed by atoms with Crippen LogP contribution in [-0.2, 0) is 14.3 Å². The van der Waals surface area contributed by atoms with Crippen molar-refractivity contribution in [3.8, 4) is 0 Å². The van der Waals surface area contributed by atoms with Crippen molar-refractivity contribution in [2.24, 2.45) is 0 Å². The molecule has 1 atom stereocenters. The molecule has 2 N–H and O–H groups in total. The van der Waals surface area contributed by atoms with Gasteiger partial charge in [-0.1, -0.05) is 23.7 Å². The van der Waals surface area contributed by atoms with Gasteiger partial charge in [0.05, 0.1) is 12.2 Å². The molecule has 0 bridgehead atoms. The van der Waals surface area contributed by atoms with Crippen molar-refractivity contribution < 1.29 is 23.9 Å². The summed E-state index contributed by atoms with van der Waals surface area (Å²) in [6.45, 7) is 7.59. The molecule has 0 aliphatic heterocycles. The van der Waals surface area contributed by atoms with Crippen molar-refractivity contribution in [3.63, 3.8) is 0 Å². The highest BCUT2D eigenvalue weighted by atomic mass is 35.5. The fourth-order valence-corrected chi connectivity index (χ4v) is 3.03. The summed E-state index contributed by atoms with van der Waals surface area (Å²) in [6, 6.07) is 13.6. The molecule has 0 aliphatic rings. The van der Waals surface area contributed by atoms with Crippen LogP contribution in [0.15, 0.2) is 48.5 Å². The van der Waals surface area contributed by atoms with E-state index in [0.29, 0.717) is 22.9 Å². The Balaban J connectivity index is 2.04. The molecule has 2 amide bonds. The van der Waals surface area contributed by atoms with Crippen LogP contribution in [0, 0.1) is 0 Å². The Kier molecular flexibility index (Phi) is 9.08. The van der Waals surface area contributed by atoms with Gasteiger partial charge >= 0.3 is 12.1 Å². The molecule has 0 saturated heterocycles. The zero-order chi connectivity index (χ0) is 23.7. The minimum Gasteiger partial charge on any atom is -0.462 e. The lowest BCUT2D eigenvalue weighted by atomic mass is 9.95. The van der Waals surface area contributed by atoms with Crippen molar-refractivity contribution >= 4 is 35.3 Å². The molecule has 0 saturated carbocycles. The predicted molar refractivity (Wildman–Crippen MR) is 124 cm³/mol. The minimum atomic E-state index is -0.618. The monoisotopic (exact) mass is 460 g/mol. The molecule has 2 rings (SSSR count). The molecule has 0 heterocycles. The third-order valence-electron chi connectivity index (χ3n) is 4.34. The minimum absolute atomic E-state index is 0.122. The first-order valence-electron chi connectivity index (χ1n) is 10.4. The van der Waals surface area contributed by atoms with E-state index in [1.807, 2.05) is 12.1 Å². The van der Waals surface area contributed by atoms with Gasteiger partial charge in [-0.15, -0.1) is 0 Å². The highest BCUT2D eigenvalue weighted by Gasteiger charge is 2.20. The molecule has 0 aromatic heterocycles. The fourth-order valence-electron chi connectivity index (χ4n) is 2.90. The van der Waals surface area contributed by atoms with E-state index in [9.17, 15) is 14.4 Å². The van der Waals surface area contributed by atoms with E-state index in [-0.39, 0.29) is 24.8 Å². The van der Waals surface area contributed by atoms with Gasteiger partial charge in [0.2, 0.25) is 5.91 Å². The van der Waals surface area contributed by atoms with Crippen LogP contribution in [0.3, 0.4) is 0 Å². The lowest BCUT2D eigenvalue weighted by molar-refractivity contribution is -0.116. The normalized spacial score (nSPS) is 11.9. The summed E-state index contributed by atoms with van der Waals surface area (Å²) in [4.78, 5) is 36.5. The number of hydrogen-bond donors (Lipinski definition) is 2. The molecular formula is C24H29ClN2O5. The average Bonchev–Trinajstić information content (AvgIpc) is 2.71. The van der Waals surface area contributed by atoms with Crippen LogP contribution in [0.4, 0.5) is 10.5 Å². The number of benzene rings is 2. The number of esters is 1. The first-order valence-corrected chi connectivity index (χ1v) is 10.7. The van der Waals surface area contributed by atoms with Gasteiger partial charge in [-0.25, -0.2) is 9.59 Å². The van der Waals surface area contributed by atoms with E-state index in [1.54, 1.807) is 64.1 Å². The maximum absolute atomic E-state index is 12.7. The highest BCUT2D eigenvalue weighted by Crippen LogP contribution is 2.22. The van der Waals surface area contributed by atoms with Crippen LogP contribution in [0.5, 0.6) is 0 Å². The van der Waals surface area contributed by atoms with Gasteiger partial charge < -0.3 is 20.1 Å². The first kappa shape index (κ1) is 25.2. The van der Waals surface area contributed by atoms with Gasteiger partial charge in [0.25, 0.3) is 0 Å². The quantitative estimate of drug-likeness (QED) is 0.531. The second kappa shape index (κ2) is 11.5. The number of nitrogens with one attached hydrogen (secondary N) is 2. The molecule has 0 fully saturated rings. The predicted octanol–water partition coefficient (Wildman–Crippen LogP) is 5.15. The lowest BCUT2D eigenvalue weighted by Gasteiger charge is -2.22. The number of anilines is 1. The summed E-state index contributed by atoms with van der Waals surface area (Å²) in [7, 11) is 0. The van der Waals surface area contributed by atoms with E-state index in [1.165, 1.54) is 0 Å². The third kappa shape index (κ3) is 8.59. The number of rotatable bonds is 8. The Bertz CT molecular complexity index is 921. The topological polar surface area (TPSA) is 93.7 Å². The third-order valence-corrected chi connectivity index (χ3v) is 4.60. The van der Waals surface area contributed by atoms with Crippen molar-refractivity contribution in [1.82, 2.24) is 5.32 Å². The summed E-state index contributed by atoms with van der Waals surface area (Å²) < 4.78 is 10.2. The van der Waals surface area contributed by atoms with Crippen LogP contribution in [0.25, 0.3) is 0 Å². The Hall–Kier alpha value is -3.06. The maximum Gasteiger partial charge on any atom is 0.407 e. The van der Waals surface area contributed by atoms with Gasteiger partial charge in [-0.2, -0.15) is 0 Å². The maximum atomic E-state index is 12.7. The van der Waals surface area contributed by atoms with Crippen LogP contribution in [0.2, 0.25) is 5.02 Å². The summed E-state index contributed by atoms with van der Waals surface area (Å²) in [5.74, 6) is -0.945. The zero-order valence-corrected chi connectivity index (χ0v) is 19.5. The van der Waals surface area contributed by atoms with Gasteiger partial charge in [0.15, 0.2) is 0 Å². The van der Waals surface area contributed by atoms with Crippen LogP contribution in [-0.4, -0.2) is 36.7 Å². The van der Waals surface area contributed by atoms with Crippen LogP contribution in [0.1, 0.15) is 56.0 Å². The Morgan fingerprint density at radius 3 is 2.19 bits per heavy atom. The second-order valence-corrected chi connectivity index (χ2v) is 8.62. The van der Waals surface area contributed by atoms with Crippen molar-refractivity contribution in [2.75, 3.05) is 18.5 Å². The molecular weight excluding hydrogens is 432 g/mol. The molecule has 8 heteroatoms. The fraction of sp³-hybridized carbons (Fsp3) is 0.375. The Labute approximate surface area is 193 Å². The summed E-state index contributed by atoms with van der Waals surface area (Å²) in [5.41, 5.74) is 1.20. The Morgan fingerprint density at radius 2 is 1.62 bits per heavy atom. The molecule has 7 nitrogen and oxygen atoms in total. The molecule has 32 heavy (non-hydrogen) atoms. The largest absolute Gasteiger partial charge is 0.462 e. The van der Waals surface area contributed by atoms with Crippen molar-refractivity contribution in [2.45, 2.75) is 45.6 Å². The smallest absolute Gasteiger partial charge is 0.407 e. The number of carbonyl (C=O) groups is 3. The number of halogens is 1. The number of alkyl carbamates (subject to hydrolysis) is 1. The van der Waals surface area contributed by atoms with Gasteiger partial charge in [-0.05, 0) is 69.7 Å². The second-order valence-electron chi connectivity index (χ2n) is 8.18. The van der Waals surface area contributed by atoms with Crippen molar-refractivity contribution in [3.05, 3.63) is 64.7 Å². The molecule has 2 aromatic carbocycles. The standard InChI is InChI=1S/C24H29ClN2O5/c1-5-31-22(29)17-8-12-20(13-9-17)27-21(28)14-18(16-6-10-19(25)11-7-16)15-26-23(30)32-24(2,3)4/h6-13,18H,5,14-15H2,1-4H3,(H,26,30)(H,27,28).